The maximum atomic E-state index is 5.10. The van der Waals surface area contributed by atoms with Crippen LogP contribution < -0.4 is 4.90 Å². The predicted molar refractivity (Wildman–Crippen MR) is 139 cm³/mol. The zero-order chi connectivity index (χ0) is 23.3. The van der Waals surface area contributed by atoms with Crippen LogP contribution >= 0.6 is 0 Å². The van der Waals surface area contributed by atoms with Gasteiger partial charge in [-0.3, -0.25) is 4.98 Å². The van der Waals surface area contributed by atoms with Gasteiger partial charge in [0.15, 0.2) is 0 Å². The van der Waals surface area contributed by atoms with Gasteiger partial charge in [0.1, 0.15) is 0 Å². The summed E-state index contributed by atoms with van der Waals surface area (Å²) in [5.41, 5.74) is 9.88. The van der Waals surface area contributed by atoms with E-state index >= 15 is 0 Å². The molecule has 2 aliphatic rings. The number of aromatic nitrogens is 4. The van der Waals surface area contributed by atoms with Crippen molar-refractivity contribution in [3.8, 4) is 11.3 Å². The maximum Gasteiger partial charge on any atom is 0.0963 e. The van der Waals surface area contributed by atoms with Gasteiger partial charge in [0, 0.05) is 41.9 Å². The van der Waals surface area contributed by atoms with Crippen molar-refractivity contribution in [3.05, 3.63) is 78.0 Å². The molecule has 4 aromatic rings. The van der Waals surface area contributed by atoms with Gasteiger partial charge in [0.25, 0.3) is 0 Å². The topological polar surface area (TPSA) is 46.8 Å². The molecule has 0 N–H and O–H groups in total. The molecule has 34 heavy (non-hydrogen) atoms. The minimum absolute atomic E-state index is 0.0251. The molecule has 0 spiro atoms. The largest absolute Gasteiger partial charge is 0.372 e. The van der Waals surface area contributed by atoms with E-state index < -0.39 is 0 Å². The molecule has 0 atom stereocenters. The van der Waals surface area contributed by atoms with Crippen molar-refractivity contribution in [1.82, 2.24) is 19.5 Å². The highest BCUT2D eigenvalue weighted by Gasteiger charge is 2.22. The number of rotatable bonds is 3. The van der Waals surface area contributed by atoms with Crippen molar-refractivity contribution in [2.24, 2.45) is 0 Å². The van der Waals surface area contributed by atoms with Crippen LogP contribution in [0.3, 0.4) is 0 Å². The van der Waals surface area contributed by atoms with Crippen LogP contribution in [-0.4, -0.2) is 32.6 Å². The van der Waals surface area contributed by atoms with Crippen LogP contribution in [0.5, 0.6) is 0 Å². The Morgan fingerprint density at radius 1 is 0.853 bits per heavy atom. The summed E-state index contributed by atoms with van der Waals surface area (Å²) in [7, 11) is 0. The molecule has 2 aromatic carbocycles. The number of allylic oxidation sites excluding steroid dienone is 1. The van der Waals surface area contributed by atoms with Crippen molar-refractivity contribution in [1.29, 1.82) is 0 Å². The fourth-order valence-corrected chi connectivity index (χ4v) is 5.17. The SMILES string of the molecule is CC(C)(C)n1cnc2ccc(C3=CCc4ncc(-c5ccc(N6CCCCC6)cc5)nc43)cc21. The molecule has 1 saturated heterocycles. The van der Waals surface area contributed by atoms with Gasteiger partial charge in [-0.25, -0.2) is 9.97 Å². The summed E-state index contributed by atoms with van der Waals surface area (Å²) >= 11 is 0. The number of piperidine rings is 1. The molecular weight excluding hydrogens is 418 g/mol. The molecule has 172 valence electrons. The lowest BCUT2D eigenvalue weighted by Crippen LogP contribution is -2.29. The summed E-state index contributed by atoms with van der Waals surface area (Å²) < 4.78 is 2.24. The first-order valence-corrected chi connectivity index (χ1v) is 12.4. The Morgan fingerprint density at radius 2 is 1.62 bits per heavy atom. The normalized spacial score (nSPS) is 16.1. The fraction of sp³-hybridized carbons (Fsp3) is 0.345. The number of fused-ring (bicyclic) bond motifs is 2. The Kier molecular flexibility index (Phi) is 5.01. The van der Waals surface area contributed by atoms with E-state index in [9.17, 15) is 0 Å². The van der Waals surface area contributed by atoms with Gasteiger partial charge in [-0.05, 0) is 69.9 Å². The zero-order valence-electron chi connectivity index (χ0n) is 20.3. The van der Waals surface area contributed by atoms with Crippen LogP contribution in [-0.2, 0) is 12.0 Å². The molecule has 1 fully saturated rings. The van der Waals surface area contributed by atoms with Gasteiger partial charge in [-0.2, -0.15) is 0 Å². The summed E-state index contributed by atoms with van der Waals surface area (Å²) in [6, 6.07) is 15.4. The van der Waals surface area contributed by atoms with Gasteiger partial charge in [-0.15, -0.1) is 0 Å². The number of hydrogen-bond acceptors (Lipinski definition) is 4. The van der Waals surface area contributed by atoms with Crippen LogP contribution in [0.1, 0.15) is 57.0 Å². The molecule has 0 unspecified atom stereocenters. The lowest BCUT2D eigenvalue weighted by molar-refractivity contribution is 0.408. The molecule has 1 aliphatic carbocycles. The molecular formula is C29H31N5. The van der Waals surface area contributed by atoms with E-state index in [-0.39, 0.29) is 5.54 Å². The van der Waals surface area contributed by atoms with Crippen LogP contribution in [0, 0.1) is 0 Å². The maximum absolute atomic E-state index is 5.10. The van der Waals surface area contributed by atoms with Gasteiger partial charge in [0.05, 0.1) is 40.6 Å². The Balaban J connectivity index is 1.33. The minimum atomic E-state index is -0.0251. The zero-order valence-corrected chi connectivity index (χ0v) is 20.3. The lowest BCUT2D eigenvalue weighted by Gasteiger charge is -2.28. The second-order valence-electron chi connectivity index (χ2n) is 10.5. The van der Waals surface area contributed by atoms with E-state index in [0.717, 1.165) is 58.8 Å². The van der Waals surface area contributed by atoms with Crippen molar-refractivity contribution in [2.75, 3.05) is 18.0 Å². The molecule has 0 bridgehead atoms. The molecule has 0 saturated carbocycles. The van der Waals surface area contributed by atoms with Crippen LogP contribution in [0.4, 0.5) is 5.69 Å². The highest BCUT2D eigenvalue weighted by Crippen LogP contribution is 2.34. The minimum Gasteiger partial charge on any atom is -0.372 e. The van der Waals surface area contributed by atoms with E-state index in [1.807, 2.05) is 12.5 Å². The Hall–Kier alpha value is -3.47. The average Bonchev–Trinajstić information content (AvgIpc) is 3.48. The van der Waals surface area contributed by atoms with Gasteiger partial charge in [0.2, 0.25) is 0 Å². The molecule has 5 heteroatoms. The van der Waals surface area contributed by atoms with E-state index in [0.29, 0.717) is 0 Å². The molecule has 0 amide bonds. The third kappa shape index (κ3) is 3.69. The van der Waals surface area contributed by atoms with Gasteiger partial charge >= 0.3 is 0 Å². The number of hydrogen-bond donors (Lipinski definition) is 0. The summed E-state index contributed by atoms with van der Waals surface area (Å²) in [6.07, 6.45) is 10.9. The third-order valence-electron chi connectivity index (χ3n) is 7.07. The van der Waals surface area contributed by atoms with E-state index in [4.69, 9.17) is 9.97 Å². The van der Waals surface area contributed by atoms with E-state index in [1.54, 1.807) is 0 Å². The fourth-order valence-electron chi connectivity index (χ4n) is 5.17. The molecule has 3 heterocycles. The Bertz CT molecular complexity index is 1380. The number of benzene rings is 2. The molecule has 2 aromatic heterocycles. The first-order valence-electron chi connectivity index (χ1n) is 12.4. The first-order chi connectivity index (χ1) is 16.5. The van der Waals surface area contributed by atoms with Crippen molar-refractivity contribution < 1.29 is 0 Å². The number of nitrogens with zero attached hydrogens (tertiary/aromatic N) is 5. The summed E-state index contributed by atoms with van der Waals surface area (Å²) in [4.78, 5) is 17.0. The average molecular weight is 450 g/mol. The molecule has 0 radical (unpaired) electrons. The Morgan fingerprint density at radius 3 is 2.38 bits per heavy atom. The first kappa shape index (κ1) is 21.1. The van der Waals surface area contributed by atoms with Crippen LogP contribution in [0.15, 0.2) is 61.1 Å². The van der Waals surface area contributed by atoms with E-state index in [2.05, 4.69) is 83.8 Å². The summed E-state index contributed by atoms with van der Waals surface area (Å²) in [5, 5.41) is 0. The molecule has 1 aliphatic heterocycles. The van der Waals surface area contributed by atoms with Gasteiger partial charge < -0.3 is 9.47 Å². The third-order valence-corrected chi connectivity index (χ3v) is 7.07. The standard InChI is InChI=1S/C29H31N5/c1-29(2,3)34-19-31-24-13-9-21(17-27(24)34)23-12-14-25-28(23)32-26(18-30-25)20-7-10-22(11-8-20)33-15-5-4-6-16-33/h7-13,17-19H,4-6,14-16H2,1-3H3. The predicted octanol–water partition coefficient (Wildman–Crippen LogP) is 6.23. The quantitative estimate of drug-likeness (QED) is 0.372. The van der Waals surface area contributed by atoms with Crippen LogP contribution in [0.2, 0.25) is 0 Å². The van der Waals surface area contributed by atoms with Gasteiger partial charge in [-0.1, -0.05) is 24.3 Å². The number of anilines is 1. The van der Waals surface area contributed by atoms with Crippen molar-refractivity contribution >= 4 is 22.3 Å². The van der Waals surface area contributed by atoms with Crippen molar-refractivity contribution in [3.63, 3.8) is 0 Å². The molecule has 5 nitrogen and oxygen atoms in total. The lowest BCUT2D eigenvalue weighted by atomic mass is 10.0. The smallest absolute Gasteiger partial charge is 0.0963 e. The summed E-state index contributed by atoms with van der Waals surface area (Å²) in [5.74, 6) is 0. The summed E-state index contributed by atoms with van der Waals surface area (Å²) in [6.45, 7) is 8.94. The second-order valence-corrected chi connectivity index (χ2v) is 10.5. The van der Waals surface area contributed by atoms with E-state index in [1.165, 1.54) is 30.5 Å². The Labute approximate surface area is 201 Å². The highest BCUT2D eigenvalue weighted by atomic mass is 15.1. The van der Waals surface area contributed by atoms with Crippen molar-refractivity contribution in [2.45, 2.75) is 52.0 Å². The highest BCUT2D eigenvalue weighted by molar-refractivity contribution is 5.88. The number of imidazole rings is 1. The second kappa shape index (κ2) is 8.08. The monoisotopic (exact) mass is 449 g/mol. The molecule has 6 rings (SSSR count). The van der Waals surface area contributed by atoms with Crippen LogP contribution in [0.25, 0.3) is 27.9 Å².